The van der Waals surface area contributed by atoms with Gasteiger partial charge >= 0.3 is 65.4 Å². The van der Waals surface area contributed by atoms with Crippen LogP contribution < -0.4 is 0 Å². The van der Waals surface area contributed by atoms with E-state index in [1.165, 1.54) is 0 Å². The number of rotatable bonds is 0. The van der Waals surface area contributed by atoms with Gasteiger partial charge in [-0.25, -0.2) is 41.1 Å². The van der Waals surface area contributed by atoms with E-state index in [0.717, 1.165) is 12.8 Å². The predicted octanol–water partition coefficient (Wildman–Crippen LogP) is 4.25. The smallest absolute Gasteiger partial charge is 0.485 e. The first kappa shape index (κ1) is 36.7. The average Bonchev–Trinajstić information content (AvgIpc) is 3.30. The van der Waals surface area contributed by atoms with Gasteiger partial charge in [0.05, 0.1) is 0 Å². The fourth-order valence-electron chi connectivity index (χ4n) is 1.18. The molecule has 0 heterocycles. The molecular weight excluding hydrogens is 554 g/mol. The standard InChI is InChI=1S/2C5H5.C3H6.C2H6Si.2CHF3O3S.Ti/c2*1-2-4-5-3-1;2*1-3-2;2*2-1(3,4)8(5,6)7;/h2*1-3H,4H2;2*1-2H3;2*(H,5,6,7);/q2*-1;;;;;/p-2. The number of hydrogen-bond donors (Lipinski definition) is 0. The van der Waals surface area contributed by atoms with Crippen LogP contribution in [0.2, 0.25) is 13.1 Å². The van der Waals surface area contributed by atoms with Gasteiger partial charge in [0, 0.05) is 0 Å². The van der Waals surface area contributed by atoms with E-state index in [9.17, 15) is 26.3 Å². The van der Waals surface area contributed by atoms with Gasteiger partial charge in [0.15, 0.2) is 20.2 Å². The van der Waals surface area contributed by atoms with E-state index >= 15 is 0 Å². The van der Waals surface area contributed by atoms with Crippen molar-refractivity contribution in [1.29, 1.82) is 0 Å². The maximum Gasteiger partial charge on any atom is 0.485 e. The van der Waals surface area contributed by atoms with Crippen LogP contribution >= 0.6 is 0 Å². The average molecular weight is 576 g/mol. The van der Waals surface area contributed by atoms with Crippen molar-refractivity contribution < 1.29 is 69.7 Å². The third kappa shape index (κ3) is 27.3. The van der Waals surface area contributed by atoms with Crippen molar-refractivity contribution in [3.8, 4) is 0 Å². The second-order valence-corrected chi connectivity index (χ2v) is 18.3. The van der Waals surface area contributed by atoms with E-state index in [-0.39, 0.29) is 6.19 Å². The second kappa shape index (κ2) is 17.6. The minimum atomic E-state index is -6.09. The summed E-state index contributed by atoms with van der Waals surface area (Å²) in [6.07, 6.45) is 20.2. The molecule has 0 aromatic carbocycles. The summed E-state index contributed by atoms with van der Waals surface area (Å²) >= 11 is 0.407. The largest absolute Gasteiger partial charge is 0.741 e. The zero-order valence-corrected chi connectivity index (χ0v) is 22.1. The van der Waals surface area contributed by atoms with Crippen molar-refractivity contribution in [2.75, 3.05) is 0 Å². The van der Waals surface area contributed by atoms with Crippen molar-refractivity contribution >= 4 is 30.2 Å². The van der Waals surface area contributed by atoms with E-state index in [1.807, 2.05) is 24.3 Å². The molecule has 0 aliphatic heterocycles. The van der Waals surface area contributed by atoms with E-state index in [2.05, 4.69) is 51.2 Å². The van der Waals surface area contributed by atoms with Gasteiger partial charge in [-0.05, 0) is 0 Å². The molecule has 192 valence electrons. The molecule has 0 radical (unpaired) electrons. The Kier molecular flexibility index (Phi) is 19.6. The SMILES string of the molecule is C[C](C)=[Ti]=[Si](C)C.O=S(=O)([O-])C(F)(F)F.O=S(=O)([O-])C(F)(F)F.[C-]1=CC=CC1.[C-]1=CC=CC1. The fourth-order valence-corrected chi connectivity index (χ4v) is 6.87. The molecule has 0 unspecified atom stereocenters. The van der Waals surface area contributed by atoms with E-state index in [0.29, 0.717) is 17.4 Å². The van der Waals surface area contributed by atoms with Crippen LogP contribution in [0.4, 0.5) is 26.3 Å². The zero-order valence-electron chi connectivity index (χ0n) is 17.9. The first-order chi connectivity index (χ1) is 14.6. The minimum Gasteiger partial charge on any atom is -0.741 e. The van der Waals surface area contributed by atoms with Crippen molar-refractivity contribution in [2.45, 2.75) is 50.8 Å². The van der Waals surface area contributed by atoms with E-state index in [4.69, 9.17) is 25.9 Å². The molecule has 0 atom stereocenters. The maximum absolute atomic E-state index is 10.7. The summed E-state index contributed by atoms with van der Waals surface area (Å²) in [7, 11) is -12.2. The van der Waals surface area contributed by atoms with Crippen LogP contribution in [0.15, 0.2) is 36.5 Å². The Morgan fingerprint density at radius 1 is 0.818 bits per heavy atom. The normalized spacial score (nSPS) is 13.7. The molecule has 6 nitrogen and oxygen atoms in total. The molecule has 0 N–H and O–H groups in total. The number of allylic oxidation sites excluding steroid dienone is 8. The van der Waals surface area contributed by atoms with Gasteiger partial charge in [-0.1, -0.05) is 0 Å². The van der Waals surface area contributed by atoms with Crippen LogP contribution in [0.3, 0.4) is 0 Å². The second-order valence-electron chi connectivity index (χ2n) is 5.93. The predicted molar refractivity (Wildman–Crippen MR) is 108 cm³/mol. The molecule has 0 saturated carbocycles. The summed E-state index contributed by atoms with van der Waals surface area (Å²) < 4.78 is 120. The molecule has 0 aromatic rings. The monoisotopic (exact) mass is 576 g/mol. The third-order valence-corrected chi connectivity index (χ3v) is 9.06. The van der Waals surface area contributed by atoms with Gasteiger partial charge in [0.1, 0.15) is 0 Å². The molecule has 0 aromatic heterocycles. The molecule has 2 aliphatic carbocycles. The van der Waals surface area contributed by atoms with Crippen LogP contribution in [0, 0.1) is 12.2 Å². The molecule has 0 saturated heterocycles. The first-order valence-electron chi connectivity index (χ1n) is 8.48. The molecule has 2 rings (SSSR count). The maximum atomic E-state index is 10.7. The Balaban J connectivity index is -0.000000344. The Morgan fingerprint density at radius 3 is 1.12 bits per heavy atom. The molecular formula is C17H22F6O6S2SiTi-4. The number of hydrogen-bond acceptors (Lipinski definition) is 6. The van der Waals surface area contributed by atoms with Gasteiger partial charge in [-0.15, -0.1) is 12.8 Å². The Labute approximate surface area is 198 Å². The third-order valence-electron chi connectivity index (χ3n) is 2.24. The summed E-state index contributed by atoms with van der Waals surface area (Å²) in [5.41, 5.74) is -11.3. The Bertz CT molecular complexity index is 868. The molecule has 0 amide bonds. The summed E-state index contributed by atoms with van der Waals surface area (Å²) in [5, 5.41) is 0. The van der Waals surface area contributed by atoms with Crippen molar-refractivity contribution in [2.24, 2.45) is 0 Å². The zero-order chi connectivity index (χ0) is 26.9. The molecule has 33 heavy (non-hydrogen) atoms. The Morgan fingerprint density at radius 2 is 1.09 bits per heavy atom. The van der Waals surface area contributed by atoms with Crippen LogP contribution in [0.25, 0.3) is 0 Å². The minimum absolute atomic E-state index is 0.154. The van der Waals surface area contributed by atoms with Crippen LogP contribution in [-0.4, -0.2) is 47.0 Å². The Hall–Kier alpha value is -0.839. The van der Waals surface area contributed by atoms with E-state index in [1.54, 1.807) is 3.81 Å². The topological polar surface area (TPSA) is 114 Å². The fraction of sp³-hybridized carbons (Fsp3) is 0.471. The molecule has 0 fully saturated rings. The van der Waals surface area contributed by atoms with Crippen molar-refractivity contribution in [1.82, 2.24) is 0 Å². The van der Waals surface area contributed by atoms with Gasteiger partial charge < -0.3 is 9.11 Å². The van der Waals surface area contributed by atoms with Crippen LogP contribution in [0.5, 0.6) is 0 Å². The van der Waals surface area contributed by atoms with Gasteiger partial charge in [-0.3, -0.25) is 12.2 Å². The van der Waals surface area contributed by atoms with Gasteiger partial charge in [0.2, 0.25) is 0 Å². The molecule has 0 spiro atoms. The molecule has 0 bridgehead atoms. The summed E-state index contributed by atoms with van der Waals surface area (Å²) in [6, 6.07) is 0. The van der Waals surface area contributed by atoms with Gasteiger partial charge in [-0.2, -0.15) is 38.5 Å². The van der Waals surface area contributed by atoms with Crippen molar-refractivity contribution in [3.05, 3.63) is 48.6 Å². The van der Waals surface area contributed by atoms with Crippen molar-refractivity contribution in [3.63, 3.8) is 0 Å². The number of halogens is 6. The molecule has 2 aliphatic rings. The molecule has 16 heteroatoms. The summed E-state index contributed by atoms with van der Waals surface area (Å²) in [4.78, 5) is 0. The van der Waals surface area contributed by atoms with Crippen LogP contribution in [0.1, 0.15) is 26.7 Å². The quantitative estimate of drug-likeness (QED) is 0.140. The summed E-state index contributed by atoms with van der Waals surface area (Å²) in [5.74, 6) is 0. The number of alkyl halides is 6. The van der Waals surface area contributed by atoms with Gasteiger partial charge in [0.25, 0.3) is 0 Å². The first-order valence-corrected chi connectivity index (χ1v) is 16.9. The van der Waals surface area contributed by atoms with Crippen LogP contribution in [-0.2, 0) is 37.7 Å². The van der Waals surface area contributed by atoms with E-state index < -0.39 is 31.3 Å². The summed E-state index contributed by atoms with van der Waals surface area (Å²) in [6.45, 7) is 9.32.